The molecule has 2 N–H and O–H groups in total. The molecule has 0 saturated heterocycles. The minimum atomic E-state index is -1.05. The molecule has 126 valence electrons. The van der Waals surface area contributed by atoms with Crippen molar-refractivity contribution in [2.24, 2.45) is 0 Å². The van der Waals surface area contributed by atoms with Crippen LogP contribution in [-0.2, 0) is 10.2 Å². The van der Waals surface area contributed by atoms with E-state index in [0.29, 0.717) is 17.9 Å². The van der Waals surface area contributed by atoms with Gasteiger partial charge in [-0.05, 0) is 29.2 Å². The Labute approximate surface area is 141 Å². The lowest BCUT2D eigenvalue weighted by Gasteiger charge is -2.24. The maximum atomic E-state index is 12.4. The highest BCUT2D eigenvalue weighted by molar-refractivity contribution is 5.95. The van der Waals surface area contributed by atoms with Crippen molar-refractivity contribution < 1.29 is 19.4 Å². The summed E-state index contributed by atoms with van der Waals surface area (Å²) in [4.78, 5) is 23.4. The fourth-order valence-electron chi connectivity index (χ4n) is 2.51. The zero-order valence-corrected chi connectivity index (χ0v) is 14.0. The molecule has 0 saturated carbocycles. The fraction of sp³-hybridized carbons (Fsp3) is 0.263. The topological polar surface area (TPSA) is 75.6 Å². The van der Waals surface area contributed by atoms with Gasteiger partial charge in [0.1, 0.15) is 5.75 Å². The number of aromatic carboxylic acids is 1. The lowest BCUT2D eigenvalue weighted by Crippen LogP contribution is -2.26. The van der Waals surface area contributed by atoms with Crippen LogP contribution in [0.15, 0.2) is 48.5 Å². The number of carbonyl (C=O) groups excluding carboxylic acids is 1. The number of nitrogens with one attached hydrogen (secondary N) is 1. The number of carboxylic acids is 1. The van der Waals surface area contributed by atoms with Crippen LogP contribution in [-0.4, -0.2) is 24.1 Å². The molecule has 24 heavy (non-hydrogen) atoms. The second-order valence-corrected chi connectivity index (χ2v) is 6.20. The van der Waals surface area contributed by atoms with Crippen LogP contribution >= 0.6 is 0 Å². The number of carbonyl (C=O) groups is 2. The van der Waals surface area contributed by atoms with E-state index >= 15 is 0 Å². The van der Waals surface area contributed by atoms with E-state index in [2.05, 4.69) is 5.32 Å². The molecular weight excluding hydrogens is 306 g/mol. The van der Waals surface area contributed by atoms with Crippen LogP contribution in [0.1, 0.15) is 36.2 Å². The van der Waals surface area contributed by atoms with Crippen LogP contribution < -0.4 is 10.1 Å². The second kappa shape index (κ2) is 7.17. The maximum absolute atomic E-state index is 12.4. The Morgan fingerprint density at radius 1 is 1.12 bits per heavy atom. The quantitative estimate of drug-likeness (QED) is 0.848. The predicted molar refractivity (Wildman–Crippen MR) is 92.7 cm³/mol. The number of rotatable bonds is 6. The van der Waals surface area contributed by atoms with Crippen molar-refractivity contribution in [3.05, 3.63) is 59.7 Å². The molecule has 0 heterocycles. The summed E-state index contributed by atoms with van der Waals surface area (Å²) in [6.07, 6.45) is 0.293. The first kappa shape index (κ1) is 17.5. The van der Waals surface area contributed by atoms with Gasteiger partial charge in [-0.3, -0.25) is 4.79 Å². The Kier molecular flexibility index (Phi) is 5.24. The molecule has 0 bridgehead atoms. The van der Waals surface area contributed by atoms with Gasteiger partial charge in [0.25, 0.3) is 0 Å². The summed E-state index contributed by atoms with van der Waals surface area (Å²) in [6.45, 7) is 4.01. The summed E-state index contributed by atoms with van der Waals surface area (Å²) in [5, 5.41) is 11.8. The molecule has 2 aromatic rings. The number of anilines is 1. The highest BCUT2D eigenvalue weighted by atomic mass is 16.5. The standard InChI is InChI=1S/C19H21NO4/c1-19(2,14-7-5-4-6-8-14)12-17(21)20-15-10-9-13(18(22)23)11-16(15)24-3/h4-11H,12H2,1-3H3,(H,20,21)(H,22,23). The Morgan fingerprint density at radius 3 is 2.38 bits per heavy atom. The zero-order chi connectivity index (χ0) is 17.7. The van der Waals surface area contributed by atoms with E-state index < -0.39 is 5.97 Å². The minimum Gasteiger partial charge on any atom is -0.495 e. The minimum absolute atomic E-state index is 0.106. The van der Waals surface area contributed by atoms with E-state index in [1.54, 1.807) is 0 Å². The summed E-state index contributed by atoms with van der Waals surface area (Å²) in [5.41, 5.74) is 1.32. The van der Waals surface area contributed by atoms with Crippen LogP contribution in [0.4, 0.5) is 5.69 Å². The van der Waals surface area contributed by atoms with E-state index in [0.717, 1.165) is 5.56 Å². The third-order valence-electron chi connectivity index (χ3n) is 3.88. The second-order valence-electron chi connectivity index (χ2n) is 6.20. The van der Waals surface area contributed by atoms with Crippen molar-refractivity contribution in [3.8, 4) is 5.75 Å². The van der Waals surface area contributed by atoms with Gasteiger partial charge in [0.05, 0.1) is 18.4 Å². The van der Waals surface area contributed by atoms with Gasteiger partial charge in [-0.15, -0.1) is 0 Å². The molecule has 0 aliphatic heterocycles. The van der Waals surface area contributed by atoms with Crippen molar-refractivity contribution in [2.75, 3.05) is 12.4 Å². The zero-order valence-electron chi connectivity index (χ0n) is 14.0. The molecule has 0 spiro atoms. The molecule has 0 aliphatic carbocycles. The average molecular weight is 327 g/mol. The summed E-state index contributed by atoms with van der Waals surface area (Å²) < 4.78 is 5.17. The summed E-state index contributed by atoms with van der Waals surface area (Å²) in [7, 11) is 1.44. The number of hydrogen-bond donors (Lipinski definition) is 2. The normalized spacial score (nSPS) is 11.0. The van der Waals surface area contributed by atoms with E-state index in [-0.39, 0.29) is 16.9 Å². The molecule has 2 aromatic carbocycles. The van der Waals surface area contributed by atoms with Gasteiger partial charge in [-0.2, -0.15) is 0 Å². The van der Waals surface area contributed by atoms with Crippen molar-refractivity contribution in [3.63, 3.8) is 0 Å². The Balaban J connectivity index is 2.14. The molecule has 0 radical (unpaired) electrons. The number of hydrogen-bond acceptors (Lipinski definition) is 3. The largest absolute Gasteiger partial charge is 0.495 e. The van der Waals surface area contributed by atoms with Crippen LogP contribution in [0, 0.1) is 0 Å². The van der Waals surface area contributed by atoms with Gasteiger partial charge in [0, 0.05) is 6.42 Å². The first-order chi connectivity index (χ1) is 11.3. The molecule has 0 aliphatic rings. The Bertz CT molecular complexity index is 738. The van der Waals surface area contributed by atoms with Crippen LogP contribution in [0.25, 0.3) is 0 Å². The van der Waals surface area contributed by atoms with Gasteiger partial charge >= 0.3 is 5.97 Å². The number of ether oxygens (including phenoxy) is 1. The molecular formula is C19H21NO4. The summed E-state index contributed by atoms with van der Waals surface area (Å²) in [5.74, 6) is -0.887. The molecule has 5 heteroatoms. The molecule has 0 fully saturated rings. The number of amides is 1. The number of methoxy groups -OCH3 is 1. The SMILES string of the molecule is COc1cc(C(=O)O)ccc1NC(=O)CC(C)(C)c1ccccc1. The molecule has 5 nitrogen and oxygen atoms in total. The predicted octanol–water partition coefficient (Wildman–Crippen LogP) is 3.70. The Morgan fingerprint density at radius 2 is 1.79 bits per heavy atom. The summed E-state index contributed by atoms with van der Waals surface area (Å²) >= 11 is 0. The van der Waals surface area contributed by atoms with Gasteiger partial charge in [-0.1, -0.05) is 44.2 Å². The van der Waals surface area contributed by atoms with Crippen molar-refractivity contribution >= 4 is 17.6 Å². The third kappa shape index (κ3) is 4.13. The number of benzene rings is 2. The highest BCUT2D eigenvalue weighted by Gasteiger charge is 2.24. The monoisotopic (exact) mass is 327 g/mol. The average Bonchev–Trinajstić information content (AvgIpc) is 2.55. The smallest absolute Gasteiger partial charge is 0.335 e. The van der Waals surface area contributed by atoms with Gasteiger partial charge in [0.15, 0.2) is 0 Å². The first-order valence-electron chi connectivity index (χ1n) is 7.60. The van der Waals surface area contributed by atoms with E-state index in [4.69, 9.17) is 9.84 Å². The van der Waals surface area contributed by atoms with Crippen LogP contribution in [0.5, 0.6) is 5.75 Å². The van der Waals surface area contributed by atoms with Crippen molar-refractivity contribution in [1.82, 2.24) is 0 Å². The van der Waals surface area contributed by atoms with Gasteiger partial charge < -0.3 is 15.2 Å². The van der Waals surface area contributed by atoms with Gasteiger partial charge in [0.2, 0.25) is 5.91 Å². The lowest BCUT2D eigenvalue weighted by molar-refractivity contribution is -0.117. The Hall–Kier alpha value is -2.82. The molecule has 0 unspecified atom stereocenters. The third-order valence-corrected chi connectivity index (χ3v) is 3.88. The maximum Gasteiger partial charge on any atom is 0.335 e. The molecule has 2 rings (SSSR count). The first-order valence-corrected chi connectivity index (χ1v) is 7.60. The van der Waals surface area contributed by atoms with E-state index in [9.17, 15) is 9.59 Å². The van der Waals surface area contributed by atoms with Gasteiger partial charge in [-0.25, -0.2) is 4.79 Å². The van der Waals surface area contributed by atoms with Crippen molar-refractivity contribution in [2.45, 2.75) is 25.7 Å². The highest BCUT2D eigenvalue weighted by Crippen LogP contribution is 2.29. The number of carboxylic acid groups (broad SMARTS) is 1. The molecule has 1 amide bonds. The molecule has 0 atom stereocenters. The van der Waals surface area contributed by atoms with Crippen molar-refractivity contribution in [1.29, 1.82) is 0 Å². The van der Waals surface area contributed by atoms with E-state index in [1.807, 2.05) is 44.2 Å². The van der Waals surface area contributed by atoms with E-state index in [1.165, 1.54) is 25.3 Å². The summed E-state index contributed by atoms with van der Waals surface area (Å²) in [6, 6.07) is 14.2. The molecule has 0 aromatic heterocycles. The van der Waals surface area contributed by atoms with Crippen LogP contribution in [0.3, 0.4) is 0 Å². The fourth-order valence-corrected chi connectivity index (χ4v) is 2.51. The lowest BCUT2D eigenvalue weighted by atomic mass is 9.81. The van der Waals surface area contributed by atoms with Crippen LogP contribution in [0.2, 0.25) is 0 Å².